The topological polar surface area (TPSA) is 72.8 Å². The number of aliphatic hydroxyl groups excluding tert-OH is 1. The molecule has 5 nitrogen and oxygen atoms in total. The first kappa shape index (κ1) is 52.6. The minimum absolute atomic E-state index is 0.0629. The Morgan fingerprint density at radius 1 is 0.407 bits per heavy atom. The number of hydrogen-bond acceptors (Lipinski definition) is 5. The quantitative estimate of drug-likeness (QED) is 0.0380. The molecule has 0 aliphatic heterocycles. The van der Waals surface area contributed by atoms with Crippen molar-refractivity contribution in [2.45, 2.75) is 277 Å². The standard InChI is InChI=1S/C49H94O5/c1-3-5-7-9-11-13-15-17-18-19-20-21-22-23-24-25-26-27-28-29-30-31-32-34-35-37-39-41-43-48(51)53-46-47(45-50)54-49(52)44-42-40-38-36-33-16-14-12-10-8-6-4-2/h12,14,47,50H,3-11,13,15-46H2,1-2H3/b14-12-. The van der Waals surface area contributed by atoms with Crippen LogP contribution in [-0.4, -0.2) is 36.4 Å². The average molecular weight is 763 g/mol. The molecule has 0 aromatic carbocycles. The van der Waals surface area contributed by atoms with Gasteiger partial charge in [0.2, 0.25) is 0 Å². The van der Waals surface area contributed by atoms with Gasteiger partial charge in [-0.25, -0.2) is 0 Å². The van der Waals surface area contributed by atoms with Crippen molar-refractivity contribution < 1.29 is 24.2 Å². The van der Waals surface area contributed by atoms with Gasteiger partial charge < -0.3 is 14.6 Å². The molecular weight excluding hydrogens is 669 g/mol. The summed E-state index contributed by atoms with van der Waals surface area (Å²) in [6.07, 6.45) is 54.6. The molecule has 0 spiro atoms. The maximum Gasteiger partial charge on any atom is 0.306 e. The molecule has 0 aliphatic carbocycles. The van der Waals surface area contributed by atoms with Crippen molar-refractivity contribution in [2.75, 3.05) is 13.2 Å². The Morgan fingerprint density at radius 2 is 0.685 bits per heavy atom. The summed E-state index contributed by atoms with van der Waals surface area (Å²) in [4.78, 5) is 24.3. The van der Waals surface area contributed by atoms with E-state index < -0.39 is 6.10 Å². The summed E-state index contributed by atoms with van der Waals surface area (Å²) in [5, 5.41) is 9.57. The number of allylic oxidation sites excluding steroid dienone is 2. The predicted octanol–water partition coefficient (Wildman–Crippen LogP) is 15.6. The zero-order valence-corrected chi connectivity index (χ0v) is 36.5. The van der Waals surface area contributed by atoms with Gasteiger partial charge in [-0.2, -0.15) is 0 Å². The van der Waals surface area contributed by atoms with Crippen molar-refractivity contribution in [1.29, 1.82) is 0 Å². The predicted molar refractivity (Wildman–Crippen MR) is 233 cm³/mol. The third-order valence-corrected chi connectivity index (χ3v) is 11.1. The Bertz CT molecular complexity index is 780. The number of aliphatic hydroxyl groups is 1. The molecule has 1 atom stereocenters. The molecule has 0 radical (unpaired) electrons. The Labute approximate surface area is 337 Å². The van der Waals surface area contributed by atoms with Crippen molar-refractivity contribution in [3.63, 3.8) is 0 Å². The van der Waals surface area contributed by atoms with E-state index in [9.17, 15) is 14.7 Å². The smallest absolute Gasteiger partial charge is 0.306 e. The van der Waals surface area contributed by atoms with E-state index in [0.717, 1.165) is 38.5 Å². The van der Waals surface area contributed by atoms with Gasteiger partial charge in [0, 0.05) is 12.8 Å². The van der Waals surface area contributed by atoms with Crippen molar-refractivity contribution >= 4 is 11.9 Å². The van der Waals surface area contributed by atoms with Crippen LogP contribution >= 0.6 is 0 Å². The van der Waals surface area contributed by atoms with E-state index >= 15 is 0 Å². The summed E-state index contributed by atoms with van der Waals surface area (Å²) in [6.45, 7) is 4.14. The minimum atomic E-state index is -0.769. The highest BCUT2D eigenvalue weighted by atomic mass is 16.6. The molecule has 0 aliphatic rings. The van der Waals surface area contributed by atoms with Gasteiger partial charge in [0.05, 0.1) is 6.61 Å². The van der Waals surface area contributed by atoms with E-state index in [0.29, 0.717) is 12.8 Å². The van der Waals surface area contributed by atoms with Crippen molar-refractivity contribution in [2.24, 2.45) is 0 Å². The number of carbonyl (C=O) groups excluding carboxylic acids is 2. The number of esters is 2. The van der Waals surface area contributed by atoms with E-state index in [1.54, 1.807) is 0 Å². The van der Waals surface area contributed by atoms with E-state index in [1.807, 2.05) is 0 Å². The molecule has 0 aromatic rings. The van der Waals surface area contributed by atoms with Crippen LogP contribution in [-0.2, 0) is 19.1 Å². The Kier molecular flexibility index (Phi) is 44.9. The Hall–Kier alpha value is -1.36. The van der Waals surface area contributed by atoms with Gasteiger partial charge in [-0.1, -0.05) is 231 Å². The van der Waals surface area contributed by atoms with Crippen molar-refractivity contribution in [3.8, 4) is 0 Å². The van der Waals surface area contributed by atoms with Gasteiger partial charge in [0.1, 0.15) is 6.61 Å². The molecule has 5 heteroatoms. The average Bonchev–Trinajstić information content (AvgIpc) is 3.17. The number of rotatable bonds is 45. The molecule has 320 valence electrons. The molecule has 0 bridgehead atoms. The molecule has 0 heterocycles. The first-order valence-electron chi connectivity index (χ1n) is 24.2. The summed E-state index contributed by atoms with van der Waals surface area (Å²) < 4.78 is 10.6. The van der Waals surface area contributed by atoms with Crippen LogP contribution in [0.5, 0.6) is 0 Å². The van der Waals surface area contributed by atoms with Crippen LogP contribution in [0.3, 0.4) is 0 Å². The van der Waals surface area contributed by atoms with Crippen molar-refractivity contribution in [3.05, 3.63) is 12.2 Å². The van der Waals surface area contributed by atoms with Gasteiger partial charge in [0.25, 0.3) is 0 Å². The summed E-state index contributed by atoms with van der Waals surface area (Å²) in [7, 11) is 0. The van der Waals surface area contributed by atoms with Crippen LogP contribution in [0, 0.1) is 0 Å². The minimum Gasteiger partial charge on any atom is -0.462 e. The third-order valence-electron chi connectivity index (χ3n) is 11.1. The number of carbonyl (C=O) groups is 2. The van der Waals surface area contributed by atoms with E-state index in [1.165, 1.54) is 205 Å². The summed E-state index contributed by atoms with van der Waals surface area (Å²) in [5.41, 5.74) is 0. The maximum atomic E-state index is 12.2. The van der Waals surface area contributed by atoms with Gasteiger partial charge in [-0.15, -0.1) is 0 Å². The molecule has 0 saturated heterocycles. The highest BCUT2D eigenvalue weighted by Gasteiger charge is 2.16. The first-order chi connectivity index (χ1) is 26.6. The molecule has 0 amide bonds. The fourth-order valence-electron chi connectivity index (χ4n) is 7.38. The summed E-state index contributed by atoms with van der Waals surface area (Å²) in [6, 6.07) is 0. The monoisotopic (exact) mass is 763 g/mol. The van der Waals surface area contributed by atoms with Crippen LogP contribution in [0.2, 0.25) is 0 Å². The molecule has 0 aromatic heterocycles. The van der Waals surface area contributed by atoms with Gasteiger partial charge in [0.15, 0.2) is 6.10 Å². The normalized spacial score (nSPS) is 12.1. The second kappa shape index (κ2) is 46.0. The van der Waals surface area contributed by atoms with Crippen LogP contribution in [0.4, 0.5) is 0 Å². The molecular formula is C49H94O5. The molecule has 0 fully saturated rings. The molecule has 1 N–H and O–H groups in total. The second-order valence-corrected chi connectivity index (χ2v) is 16.5. The lowest BCUT2D eigenvalue weighted by molar-refractivity contribution is -0.161. The zero-order valence-electron chi connectivity index (χ0n) is 36.5. The maximum absolute atomic E-state index is 12.2. The van der Waals surface area contributed by atoms with Crippen molar-refractivity contribution in [1.82, 2.24) is 0 Å². The fraction of sp³-hybridized carbons (Fsp3) is 0.918. The third kappa shape index (κ3) is 43.4. The van der Waals surface area contributed by atoms with Crippen LogP contribution in [0.1, 0.15) is 271 Å². The SMILES string of the molecule is CCCCC/C=C\CCCCCCCC(=O)OC(CO)COC(=O)CCCCCCCCCCCCCCCCCCCCCCCCCCCCCC. The molecule has 0 rings (SSSR count). The second-order valence-electron chi connectivity index (χ2n) is 16.5. The lowest BCUT2D eigenvalue weighted by Gasteiger charge is -2.15. The largest absolute Gasteiger partial charge is 0.462 e. The van der Waals surface area contributed by atoms with Crippen LogP contribution in [0.15, 0.2) is 12.2 Å². The van der Waals surface area contributed by atoms with E-state index in [-0.39, 0.29) is 25.2 Å². The van der Waals surface area contributed by atoms with E-state index in [4.69, 9.17) is 9.47 Å². The highest BCUT2D eigenvalue weighted by Crippen LogP contribution is 2.17. The van der Waals surface area contributed by atoms with Gasteiger partial charge in [-0.05, 0) is 38.5 Å². The molecule has 54 heavy (non-hydrogen) atoms. The zero-order chi connectivity index (χ0) is 39.3. The summed E-state index contributed by atoms with van der Waals surface area (Å²) in [5.74, 6) is -0.587. The fourth-order valence-corrected chi connectivity index (χ4v) is 7.38. The number of unbranched alkanes of at least 4 members (excludes halogenated alkanes) is 35. The number of hydrogen-bond donors (Lipinski definition) is 1. The molecule has 1 unspecified atom stereocenters. The van der Waals surface area contributed by atoms with E-state index in [2.05, 4.69) is 26.0 Å². The van der Waals surface area contributed by atoms with Crippen LogP contribution < -0.4 is 0 Å². The molecule has 0 saturated carbocycles. The lowest BCUT2D eigenvalue weighted by atomic mass is 10.0. The number of ether oxygens (including phenoxy) is 2. The highest BCUT2D eigenvalue weighted by molar-refractivity contribution is 5.70. The van der Waals surface area contributed by atoms with Gasteiger partial charge in [-0.3, -0.25) is 9.59 Å². The summed E-state index contributed by atoms with van der Waals surface area (Å²) >= 11 is 0. The lowest BCUT2D eigenvalue weighted by Crippen LogP contribution is -2.28. The van der Waals surface area contributed by atoms with Gasteiger partial charge >= 0.3 is 11.9 Å². The Morgan fingerprint density at radius 3 is 1.04 bits per heavy atom. The first-order valence-corrected chi connectivity index (χ1v) is 24.2. The van der Waals surface area contributed by atoms with Crippen LogP contribution in [0.25, 0.3) is 0 Å². The Balaban J connectivity index is 3.39.